The van der Waals surface area contributed by atoms with Crippen LogP contribution in [0.4, 0.5) is 0 Å². The van der Waals surface area contributed by atoms with Crippen molar-refractivity contribution in [2.75, 3.05) is 0 Å². The number of Topliss-reactive ketones (excluding diaryl/α,β-unsaturated/α-hetero) is 1. The van der Waals surface area contributed by atoms with Gasteiger partial charge in [-0.15, -0.1) is 11.8 Å². The number of ether oxygens (including phenoxy) is 1. The van der Waals surface area contributed by atoms with Crippen molar-refractivity contribution in [1.29, 1.82) is 0 Å². The maximum absolute atomic E-state index is 13.4. The van der Waals surface area contributed by atoms with Crippen molar-refractivity contribution in [2.45, 2.75) is 22.1 Å². The molecule has 1 aliphatic rings. The Hall–Kier alpha value is -3.27. The maximum atomic E-state index is 13.4. The molecule has 1 fully saturated rings. The fraction of sp³-hybridized carbons (Fsp3) is 0.125. The van der Waals surface area contributed by atoms with Gasteiger partial charge in [0.1, 0.15) is 17.1 Å². The SMILES string of the molecule is O=C1CC(c2ccsc2)(c2cccc(Oc3cncnc3)n2)NC(=O)C1Sc1ccccc1Cl. The highest BCUT2D eigenvalue weighted by Gasteiger charge is 2.48. The molecular formula is C24H17ClN4O3S2. The average molecular weight is 509 g/mol. The van der Waals surface area contributed by atoms with Crippen molar-refractivity contribution < 1.29 is 14.3 Å². The van der Waals surface area contributed by atoms with E-state index in [1.165, 1.54) is 30.1 Å². The van der Waals surface area contributed by atoms with Crippen LogP contribution in [0.3, 0.4) is 0 Å². The molecule has 1 N–H and O–H groups in total. The quantitative estimate of drug-likeness (QED) is 0.371. The van der Waals surface area contributed by atoms with Crippen molar-refractivity contribution >= 4 is 46.4 Å². The number of carbonyl (C=O) groups excluding carboxylic acids is 2. The van der Waals surface area contributed by atoms with Crippen molar-refractivity contribution in [1.82, 2.24) is 20.3 Å². The summed E-state index contributed by atoms with van der Waals surface area (Å²) in [6.07, 6.45) is 4.50. The third-order valence-corrected chi connectivity index (χ3v) is 7.77. The van der Waals surface area contributed by atoms with E-state index in [0.29, 0.717) is 27.2 Å². The summed E-state index contributed by atoms with van der Waals surface area (Å²) in [6, 6.07) is 14.3. The minimum absolute atomic E-state index is 0.0441. The van der Waals surface area contributed by atoms with Gasteiger partial charge in [-0.1, -0.05) is 29.8 Å². The number of hydrogen-bond acceptors (Lipinski definition) is 8. The van der Waals surface area contributed by atoms with E-state index in [1.807, 2.05) is 22.9 Å². The van der Waals surface area contributed by atoms with Gasteiger partial charge in [-0.05, 0) is 40.6 Å². The van der Waals surface area contributed by atoms with E-state index in [2.05, 4.69) is 20.3 Å². The number of piperidine rings is 1. The highest BCUT2D eigenvalue weighted by Crippen LogP contribution is 2.41. The smallest absolute Gasteiger partial charge is 0.242 e. The number of pyridine rings is 1. The lowest BCUT2D eigenvalue weighted by molar-refractivity contribution is -0.133. The second-order valence-corrected chi connectivity index (χ2v) is 9.85. The van der Waals surface area contributed by atoms with Crippen LogP contribution >= 0.6 is 34.7 Å². The van der Waals surface area contributed by atoms with Gasteiger partial charge in [0, 0.05) is 17.4 Å². The molecule has 0 aliphatic carbocycles. The first kappa shape index (κ1) is 22.5. The molecule has 0 saturated carbocycles. The molecule has 0 spiro atoms. The first-order valence-electron chi connectivity index (χ1n) is 10.2. The minimum Gasteiger partial charge on any atom is -0.436 e. The fourth-order valence-electron chi connectivity index (χ4n) is 3.76. The number of halogens is 1. The van der Waals surface area contributed by atoms with Gasteiger partial charge in [0.2, 0.25) is 11.8 Å². The number of benzene rings is 1. The molecule has 0 bridgehead atoms. The highest BCUT2D eigenvalue weighted by molar-refractivity contribution is 8.01. The van der Waals surface area contributed by atoms with Crippen LogP contribution in [0, 0.1) is 0 Å². The molecule has 1 aliphatic heterocycles. The van der Waals surface area contributed by atoms with Crippen LogP contribution in [0.25, 0.3) is 0 Å². The average Bonchev–Trinajstić information content (AvgIpc) is 3.39. The molecule has 4 aromatic rings. The molecule has 10 heteroatoms. The Morgan fingerprint density at radius 3 is 2.65 bits per heavy atom. The maximum Gasteiger partial charge on any atom is 0.242 e. The Morgan fingerprint density at radius 2 is 1.91 bits per heavy atom. The molecule has 0 radical (unpaired) electrons. The molecule has 7 nitrogen and oxygen atoms in total. The summed E-state index contributed by atoms with van der Waals surface area (Å²) in [6.45, 7) is 0. The molecule has 2 atom stereocenters. The van der Waals surface area contributed by atoms with Gasteiger partial charge in [-0.3, -0.25) is 9.59 Å². The number of amides is 1. The van der Waals surface area contributed by atoms with Gasteiger partial charge in [-0.25, -0.2) is 15.0 Å². The molecule has 1 amide bonds. The molecule has 34 heavy (non-hydrogen) atoms. The van der Waals surface area contributed by atoms with E-state index in [-0.39, 0.29) is 12.2 Å². The Balaban J connectivity index is 1.49. The number of nitrogens with one attached hydrogen (secondary N) is 1. The Bertz CT molecular complexity index is 1320. The van der Waals surface area contributed by atoms with Crippen LogP contribution < -0.4 is 10.1 Å². The lowest BCUT2D eigenvalue weighted by Gasteiger charge is -2.39. The van der Waals surface area contributed by atoms with Gasteiger partial charge >= 0.3 is 0 Å². The summed E-state index contributed by atoms with van der Waals surface area (Å²) in [7, 11) is 0. The number of carbonyl (C=O) groups is 2. The lowest BCUT2D eigenvalue weighted by Crippen LogP contribution is -2.58. The molecule has 4 heterocycles. The number of rotatable bonds is 6. The zero-order valence-corrected chi connectivity index (χ0v) is 19.9. The van der Waals surface area contributed by atoms with E-state index < -0.39 is 16.7 Å². The number of hydrogen-bond donors (Lipinski definition) is 1. The first-order chi connectivity index (χ1) is 16.5. The van der Waals surface area contributed by atoms with Gasteiger partial charge in [0.25, 0.3) is 0 Å². The zero-order valence-electron chi connectivity index (χ0n) is 17.6. The Morgan fingerprint density at radius 1 is 1.09 bits per heavy atom. The number of nitrogens with zero attached hydrogens (tertiary/aromatic N) is 3. The summed E-state index contributed by atoms with van der Waals surface area (Å²) in [5, 5.41) is 6.50. The van der Waals surface area contributed by atoms with E-state index in [0.717, 1.165) is 17.3 Å². The summed E-state index contributed by atoms with van der Waals surface area (Å²) < 4.78 is 5.79. The van der Waals surface area contributed by atoms with Gasteiger partial charge in [-0.2, -0.15) is 11.3 Å². The summed E-state index contributed by atoms with van der Waals surface area (Å²) in [4.78, 5) is 39.9. The third-order valence-electron chi connectivity index (χ3n) is 5.32. The molecule has 5 rings (SSSR count). The predicted molar refractivity (Wildman–Crippen MR) is 130 cm³/mol. The fourth-order valence-corrected chi connectivity index (χ4v) is 5.73. The van der Waals surface area contributed by atoms with Crippen molar-refractivity contribution in [3.8, 4) is 11.6 Å². The second kappa shape index (κ2) is 9.54. The molecule has 3 aromatic heterocycles. The minimum atomic E-state index is -1.11. The topological polar surface area (TPSA) is 94.1 Å². The van der Waals surface area contributed by atoms with Crippen LogP contribution in [-0.4, -0.2) is 31.9 Å². The second-order valence-electron chi connectivity index (χ2n) is 7.52. The standard InChI is InChI=1S/C24H17ClN4O3S2/c25-17-4-1-2-5-19(17)34-22-18(30)10-24(29-23(22)31,15-8-9-33-13-15)20-6-3-7-21(28-20)32-16-11-26-14-27-12-16/h1-9,11-14,22H,10H2,(H,29,31). The molecule has 2 unspecified atom stereocenters. The monoisotopic (exact) mass is 508 g/mol. The number of thiophene rings is 1. The van der Waals surface area contributed by atoms with Crippen LogP contribution in [0.5, 0.6) is 11.6 Å². The Labute approximate surface area is 208 Å². The van der Waals surface area contributed by atoms with Crippen LogP contribution in [0.15, 0.2) is 82.9 Å². The van der Waals surface area contributed by atoms with Crippen LogP contribution in [-0.2, 0) is 15.1 Å². The van der Waals surface area contributed by atoms with E-state index in [1.54, 1.807) is 36.4 Å². The largest absolute Gasteiger partial charge is 0.436 e. The molecular weight excluding hydrogens is 492 g/mol. The van der Waals surface area contributed by atoms with E-state index >= 15 is 0 Å². The summed E-state index contributed by atoms with van der Waals surface area (Å²) in [5.74, 6) is 0.134. The third kappa shape index (κ3) is 4.42. The summed E-state index contributed by atoms with van der Waals surface area (Å²) >= 11 is 8.90. The van der Waals surface area contributed by atoms with Gasteiger partial charge < -0.3 is 10.1 Å². The molecule has 1 saturated heterocycles. The summed E-state index contributed by atoms with van der Waals surface area (Å²) in [5.41, 5.74) is 0.175. The molecule has 1 aromatic carbocycles. The van der Waals surface area contributed by atoms with E-state index in [9.17, 15) is 9.59 Å². The van der Waals surface area contributed by atoms with Crippen molar-refractivity contribution in [3.63, 3.8) is 0 Å². The lowest BCUT2D eigenvalue weighted by atomic mass is 9.79. The zero-order chi connectivity index (χ0) is 23.5. The first-order valence-corrected chi connectivity index (χ1v) is 12.4. The highest BCUT2D eigenvalue weighted by atomic mass is 35.5. The van der Waals surface area contributed by atoms with Gasteiger partial charge in [0.05, 0.1) is 23.1 Å². The van der Waals surface area contributed by atoms with Crippen LogP contribution in [0.2, 0.25) is 5.02 Å². The van der Waals surface area contributed by atoms with Crippen molar-refractivity contribution in [3.05, 3.63) is 94.3 Å². The normalized spacial score (nSPS) is 20.1. The Kier molecular flexibility index (Phi) is 6.32. The number of thioether (sulfide) groups is 1. The van der Waals surface area contributed by atoms with Gasteiger partial charge in [0.15, 0.2) is 11.5 Å². The van der Waals surface area contributed by atoms with E-state index in [4.69, 9.17) is 16.3 Å². The number of ketones is 1. The van der Waals surface area contributed by atoms with Crippen LogP contribution in [0.1, 0.15) is 17.7 Å². The predicted octanol–water partition coefficient (Wildman–Crippen LogP) is 4.87. The molecule has 170 valence electrons. The number of aromatic nitrogens is 3. The van der Waals surface area contributed by atoms with Crippen molar-refractivity contribution in [2.24, 2.45) is 0 Å².